The SMILES string of the molecule is CC1(C)CCCN(c2cc(Cl)nnc2Cl)C1C(=O)O. The first kappa shape index (κ1) is 14.3. The lowest BCUT2D eigenvalue weighted by molar-refractivity contribution is -0.142. The van der Waals surface area contributed by atoms with Crippen molar-refractivity contribution in [3.63, 3.8) is 0 Å². The smallest absolute Gasteiger partial charge is 0.326 e. The Kier molecular flexibility index (Phi) is 3.87. The first-order valence-corrected chi connectivity index (χ1v) is 6.77. The molecule has 0 amide bonds. The fourth-order valence-corrected chi connectivity index (χ4v) is 3.01. The van der Waals surface area contributed by atoms with Crippen LogP contribution in [0.3, 0.4) is 0 Å². The Balaban J connectivity index is 2.46. The van der Waals surface area contributed by atoms with Crippen LogP contribution in [0, 0.1) is 5.41 Å². The number of halogens is 2. The van der Waals surface area contributed by atoms with Gasteiger partial charge in [0.05, 0.1) is 5.69 Å². The Hall–Kier alpha value is -1.07. The van der Waals surface area contributed by atoms with Crippen LogP contribution >= 0.6 is 23.2 Å². The first-order chi connectivity index (χ1) is 8.83. The molecular formula is C12H15Cl2N3O2. The number of anilines is 1. The summed E-state index contributed by atoms with van der Waals surface area (Å²) in [6.45, 7) is 4.51. The summed E-state index contributed by atoms with van der Waals surface area (Å²) < 4.78 is 0. The number of hydrogen-bond acceptors (Lipinski definition) is 4. The average molecular weight is 304 g/mol. The van der Waals surface area contributed by atoms with Gasteiger partial charge in [0, 0.05) is 12.6 Å². The Bertz CT molecular complexity index is 508. The summed E-state index contributed by atoms with van der Waals surface area (Å²) in [6.07, 6.45) is 1.75. The van der Waals surface area contributed by atoms with Crippen molar-refractivity contribution in [3.8, 4) is 0 Å². The van der Waals surface area contributed by atoms with Crippen molar-refractivity contribution in [3.05, 3.63) is 16.4 Å². The van der Waals surface area contributed by atoms with Gasteiger partial charge in [0.2, 0.25) is 0 Å². The summed E-state index contributed by atoms with van der Waals surface area (Å²) in [7, 11) is 0. The third kappa shape index (κ3) is 2.77. The molecule has 104 valence electrons. The molecule has 7 heteroatoms. The second-order valence-corrected chi connectivity index (χ2v) is 6.11. The number of aliphatic carboxylic acids is 1. The molecule has 19 heavy (non-hydrogen) atoms. The minimum atomic E-state index is -0.867. The van der Waals surface area contributed by atoms with Crippen molar-refractivity contribution >= 4 is 34.9 Å². The van der Waals surface area contributed by atoms with Gasteiger partial charge in [0.15, 0.2) is 10.3 Å². The lowest BCUT2D eigenvalue weighted by Gasteiger charge is -2.45. The summed E-state index contributed by atoms with van der Waals surface area (Å²) in [5.41, 5.74) is 0.185. The zero-order valence-corrected chi connectivity index (χ0v) is 12.2. The summed E-state index contributed by atoms with van der Waals surface area (Å²) >= 11 is 11.9. The van der Waals surface area contributed by atoms with Gasteiger partial charge in [0.25, 0.3) is 0 Å². The van der Waals surface area contributed by atoms with Gasteiger partial charge in [-0.25, -0.2) is 4.79 Å². The third-order valence-corrected chi connectivity index (χ3v) is 3.97. The van der Waals surface area contributed by atoms with Crippen molar-refractivity contribution in [2.75, 3.05) is 11.4 Å². The van der Waals surface area contributed by atoms with Crippen LogP contribution in [0.4, 0.5) is 5.69 Å². The molecule has 0 saturated carbocycles. The van der Waals surface area contributed by atoms with E-state index in [0.717, 1.165) is 12.8 Å². The number of carboxylic acids is 1. The second-order valence-electron chi connectivity index (χ2n) is 5.37. The summed E-state index contributed by atoms with van der Waals surface area (Å²) in [5, 5.41) is 17.3. The minimum absolute atomic E-state index is 0.174. The van der Waals surface area contributed by atoms with Crippen LogP contribution in [0.15, 0.2) is 6.07 Å². The summed E-state index contributed by atoms with van der Waals surface area (Å²) in [6, 6.07) is 0.910. The van der Waals surface area contributed by atoms with Crippen molar-refractivity contribution in [2.45, 2.75) is 32.7 Å². The van der Waals surface area contributed by atoms with Crippen molar-refractivity contribution in [1.82, 2.24) is 10.2 Å². The standard InChI is InChI=1S/C12H15Cl2N3O2/c1-12(2)4-3-5-17(9(12)11(18)19)7-6-8(13)15-16-10(7)14/h6,9H,3-5H2,1-2H3,(H,18,19). The Morgan fingerprint density at radius 2 is 2.16 bits per heavy atom. The fraction of sp³-hybridized carbons (Fsp3) is 0.583. The summed E-state index contributed by atoms with van der Waals surface area (Å²) in [5.74, 6) is -0.867. The molecule has 0 bridgehead atoms. The lowest BCUT2D eigenvalue weighted by Crippen LogP contribution is -2.54. The molecule has 5 nitrogen and oxygen atoms in total. The highest BCUT2D eigenvalue weighted by Gasteiger charge is 2.43. The van der Waals surface area contributed by atoms with E-state index in [9.17, 15) is 9.90 Å². The molecule has 0 aliphatic carbocycles. The Morgan fingerprint density at radius 3 is 2.79 bits per heavy atom. The van der Waals surface area contributed by atoms with Crippen LogP contribution in [0.2, 0.25) is 10.3 Å². The van der Waals surface area contributed by atoms with Crippen LogP contribution in [0.5, 0.6) is 0 Å². The molecule has 2 rings (SSSR count). The van der Waals surface area contributed by atoms with E-state index in [0.29, 0.717) is 12.2 Å². The van der Waals surface area contributed by atoms with Crippen LogP contribution in [0.1, 0.15) is 26.7 Å². The average Bonchev–Trinajstić information content (AvgIpc) is 2.30. The zero-order valence-electron chi connectivity index (χ0n) is 10.7. The van der Waals surface area contributed by atoms with Crippen molar-refractivity contribution in [1.29, 1.82) is 0 Å². The van der Waals surface area contributed by atoms with E-state index < -0.39 is 12.0 Å². The molecule has 1 aromatic heterocycles. The Morgan fingerprint density at radius 1 is 1.47 bits per heavy atom. The van der Waals surface area contributed by atoms with Gasteiger partial charge in [-0.05, 0) is 18.3 Å². The number of aromatic nitrogens is 2. The molecule has 0 aromatic carbocycles. The molecule has 2 heterocycles. The number of piperidine rings is 1. The van der Waals surface area contributed by atoms with Crippen molar-refractivity contribution in [2.24, 2.45) is 5.41 Å². The molecule has 1 N–H and O–H groups in total. The van der Waals surface area contributed by atoms with E-state index in [4.69, 9.17) is 23.2 Å². The fourth-order valence-electron chi connectivity index (χ4n) is 2.67. The normalized spacial score (nSPS) is 22.3. The van der Waals surface area contributed by atoms with E-state index in [-0.39, 0.29) is 15.7 Å². The first-order valence-electron chi connectivity index (χ1n) is 6.01. The van der Waals surface area contributed by atoms with Crippen LogP contribution in [-0.4, -0.2) is 33.9 Å². The highest BCUT2D eigenvalue weighted by atomic mass is 35.5. The monoisotopic (exact) mass is 303 g/mol. The zero-order chi connectivity index (χ0) is 14.2. The maximum Gasteiger partial charge on any atom is 0.326 e. The predicted octanol–water partition coefficient (Wildman–Crippen LogP) is 2.86. The highest BCUT2D eigenvalue weighted by Crippen LogP contribution is 2.39. The van der Waals surface area contributed by atoms with Gasteiger partial charge in [0.1, 0.15) is 6.04 Å². The van der Waals surface area contributed by atoms with Crippen molar-refractivity contribution < 1.29 is 9.90 Å². The maximum atomic E-state index is 11.6. The van der Waals surface area contributed by atoms with E-state index >= 15 is 0 Å². The van der Waals surface area contributed by atoms with Gasteiger partial charge in [-0.3, -0.25) is 0 Å². The number of carboxylic acid groups (broad SMARTS) is 1. The van der Waals surface area contributed by atoms with Crippen LogP contribution in [-0.2, 0) is 4.79 Å². The minimum Gasteiger partial charge on any atom is -0.480 e. The number of rotatable bonds is 2. The number of nitrogens with zero attached hydrogens (tertiary/aromatic N) is 3. The molecule has 1 atom stereocenters. The van der Waals surface area contributed by atoms with E-state index in [1.807, 2.05) is 13.8 Å². The molecule has 1 unspecified atom stereocenters. The van der Waals surface area contributed by atoms with Gasteiger partial charge in [-0.1, -0.05) is 37.0 Å². The molecule has 0 spiro atoms. The predicted molar refractivity (Wildman–Crippen MR) is 73.8 cm³/mol. The number of carbonyl (C=O) groups is 1. The van der Waals surface area contributed by atoms with E-state index in [1.165, 1.54) is 0 Å². The third-order valence-electron chi connectivity index (χ3n) is 3.52. The van der Waals surface area contributed by atoms with Gasteiger partial charge in [-0.15, -0.1) is 10.2 Å². The largest absolute Gasteiger partial charge is 0.480 e. The number of hydrogen-bond donors (Lipinski definition) is 1. The van der Waals surface area contributed by atoms with E-state index in [1.54, 1.807) is 11.0 Å². The molecule has 1 aliphatic rings. The quantitative estimate of drug-likeness (QED) is 0.910. The van der Waals surface area contributed by atoms with Gasteiger partial charge < -0.3 is 10.0 Å². The van der Waals surface area contributed by atoms with Crippen LogP contribution < -0.4 is 4.90 Å². The summed E-state index contributed by atoms with van der Waals surface area (Å²) in [4.78, 5) is 13.4. The molecule has 1 aliphatic heterocycles. The second kappa shape index (κ2) is 5.13. The lowest BCUT2D eigenvalue weighted by atomic mass is 9.76. The topological polar surface area (TPSA) is 66.3 Å². The maximum absolute atomic E-state index is 11.6. The highest BCUT2D eigenvalue weighted by molar-refractivity contribution is 6.33. The van der Waals surface area contributed by atoms with E-state index in [2.05, 4.69) is 10.2 Å². The Labute approximate surface area is 121 Å². The molecule has 1 fully saturated rings. The molecular weight excluding hydrogens is 289 g/mol. The molecule has 0 radical (unpaired) electrons. The molecule has 1 saturated heterocycles. The van der Waals surface area contributed by atoms with Gasteiger partial charge in [-0.2, -0.15) is 0 Å². The van der Waals surface area contributed by atoms with Crippen LogP contribution in [0.25, 0.3) is 0 Å². The van der Waals surface area contributed by atoms with Gasteiger partial charge >= 0.3 is 5.97 Å². The molecule has 1 aromatic rings.